The largest absolute Gasteiger partial charge is 0.492 e. The third-order valence-corrected chi connectivity index (χ3v) is 3.64. The fourth-order valence-corrected chi connectivity index (χ4v) is 2.77. The van der Waals surface area contributed by atoms with E-state index in [1.807, 2.05) is 24.3 Å². The van der Waals surface area contributed by atoms with E-state index in [9.17, 15) is 4.79 Å². The van der Waals surface area contributed by atoms with Gasteiger partial charge >= 0.3 is 0 Å². The third kappa shape index (κ3) is 1.45. The zero-order valence-electron chi connectivity index (χ0n) is 7.97. The Morgan fingerprint density at radius 1 is 1.40 bits per heavy atom. The number of hydrogen-bond donors (Lipinski definition) is 0. The maximum atomic E-state index is 11.1. The van der Waals surface area contributed by atoms with E-state index in [0.717, 1.165) is 16.4 Å². The maximum absolute atomic E-state index is 11.1. The minimum atomic E-state index is -0.0284. The molecule has 0 bridgehead atoms. The van der Waals surface area contributed by atoms with E-state index in [1.165, 1.54) is 11.8 Å². The lowest BCUT2D eigenvalue weighted by Gasteiger charge is -2.06. The van der Waals surface area contributed by atoms with Crippen LogP contribution in [0.2, 0.25) is 0 Å². The number of thioether (sulfide) groups is 1. The van der Waals surface area contributed by atoms with Crippen molar-refractivity contribution in [2.24, 2.45) is 4.99 Å². The molecule has 1 amide bonds. The summed E-state index contributed by atoms with van der Waals surface area (Å²) in [5, 5.41) is 0.907. The van der Waals surface area contributed by atoms with Gasteiger partial charge in [0, 0.05) is 5.56 Å². The highest BCUT2D eigenvalue weighted by Crippen LogP contribution is 2.38. The van der Waals surface area contributed by atoms with Gasteiger partial charge in [-0.2, -0.15) is 0 Å². The van der Waals surface area contributed by atoms with Crippen LogP contribution in [0.25, 0.3) is 0 Å². The zero-order valence-corrected chi connectivity index (χ0v) is 8.79. The number of nitrogens with zero attached hydrogens (tertiary/aromatic N) is 1. The van der Waals surface area contributed by atoms with Crippen molar-refractivity contribution >= 4 is 22.7 Å². The van der Waals surface area contributed by atoms with Gasteiger partial charge in [-0.15, -0.1) is 0 Å². The second kappa shape index (κ2) is 3.38. The first kappa shape index (κ1) is 8.97. The summed E-state index contributed by atoms with van der Waals surface area (Å²) in [4.78, 5) is 15.1. The van der Waals surface area contributed by atoms with Crippen molar-refractivity contribution in [2.45, 2.75) is 5.92 Å². The van der Waals surface area contributed by atoms with Crippen LogP contribution in [0.1, 0.15) is 11.5 Å². The Morgan fingerprint density at radius 2 is 2.27 bits per heavy atom. The van der Waals surface area contributed by atoms with Crippen molar-refractivity contribution in [1.29, 1.82) is 0 Å². The number of rotatable bonds is 1. The molecule has 1 atom stereocenters. The van der Waals surface area contributed by atoms with Gasteiger partial charge in [0.2, 0.25) is 0 Å². The first-order valence-electron chi connectivity index (χ1n) is 4.80. The molecule has 0 aromatic heterocycles. The van der Waals surface area contributed by atoms with Crippen LogP contribution in [0, 0.1) is 0 Å². The van der Waals surface area contributed by atoms with Crippen molar-refractivity contribution in [3.63, 3.8) is 0 Å². The number of aliphatic imine (C=N–C) groups is 1. The van der Waals surface area contributed by atoms with Gasteiger partial charge in [0.15, 0.2) is 0 Å². The Bertz CT molecular complexity index is 456. The number of hydrogen-bond acceptors (Lipinski definition) is 3. The van der Waals surface area contributed by atoms with E-state index >= 15 is 0 Å². The lowest BCUT2D eigenvalue weighted by molar-refractivity contribution is -0.115. The van der Waals surface area contributed by atoms with Crippen LogP contribution < -0.4 is 4.74 Å². The van der Waals surface area contributed by atoms with Crippen LogP contribution >= 0.6 is 11.8 Å². The fraction of sp³-hybridized carbons (Fsp3) is 0.273. The molecule has 0 saturated carbocycles. The summed E-state index contributed by atoms with van der Waals surface area (Å²) < 4.78 is 5.55. The van der Waals surface area contributed by atoms with Crippen molar-refractivity contribution in [3.8, 4) is 5.75 Å². The molecule has 0 radical (unpaired) electrons. The molecule has 2 heterocycles. The summed E-state index contributed by atoms with van der Waals surface area (Å²) in [7, 11) is 0. The summed E-state index contributed by atoms with van der Waals surface area (Å²) in [6, 6.07) is 7.94. The molecule has 1 unspecified atom stereocenters. The maximum Gasteiger partial charge on any atom is 0.256 e. The van der Waals surface area contributed by atoms with Gasteiger partial charge in [-0.3, -0.25) is 4.79 Å². The van der Waals surface area contributed by atoms with Crippen LogP contribution in [0.4, 0.5) is 0 Å². The average molecular weight is 219 g/mol. The molecule has 3 nitrogen and oxygen atoms in total. The van der Waals surface area contributed by atoms with E-state index in [2.05, 4.69) is 4.99 Å². The standard InChI is InChI=1S/C11H9NO2S/c13-10-6-15-11(12-10)8-5-14-9-4-2-1-3-7(8)9/h1-4,8H,5-6H2. The summed E-state index contributed by atoms with van der Waals surface area (Å²) in [6.07, 6.45) is 0. The molecule has 0 fully saturated rings. The summed E-state index contributed by atoms with van der Waals surface area (Å²) in [5.41, 5.74) is 1.15. The van der Waals surface area contributed by atoms with Crippen LogP contribution in [0.5, 0.6) is 5.75 Å². The first-order valence-corrected chi connectivity index (χ1v) is 5.79. The number of carbonyl (C=O) groups excluding carboxylic acids is 1. The van der Waals surface area contributed by atoms with Gasteiger partial charge in [0.25, 0.3) is 5.91 Å². The zero-order chi connectivity index (χ0) is 10.3. The van der Waals surface area contributed by atoms with Crippen LogP contribution in [-0.2, 0) is 4.79 Å². The minimum Gasteiger partial charge on any atom is -0.492 e. The van der Waals surface area contributed by atoms with Crippen LogP contribution in [-0.4, -0.2) is 23.3 Å². The molecule has 15 heavy (non-hydrogen) atoms. The molecular weight excluding hydrogens is 210 g/mol. The predicted molar refractivity (Wildman–Crippen MR) is 59.6 cm³/mol. The number of carbonyl (C=O) groups is 1. The molecule has 0 aliphatic carbocycles. The first-order chi connectivity index (χ1) is 7.34. The van der Waals surface area contributed by atoms with Gasteiger partial charge in [0.1, 0.15) is 12.4 Å². The minimum absolute atomic E-state index is 0.0284. The van der Waals surface area contributed by atoms with E-state index in [-0.39, 0.29) is 11.8 Å². The molecule has 1 aromatic rings. The lowest BCUT2D eigenvalue weighted by atomic mass is 10.0. The van der Waals surface area contributed by atoms with Crippen molar-refractivity contribution < 1.29 is 9.53 Å². The number of ether oxygens (including phenoxy) is 1. The molecule has 0 N–H and O–H groups in total. The van der Waals surface area contributed by atoms with Crippen molar-refractivity contribution in [1.82, 2.24) is 0 Å². The van der Waals surface area contributed by atoms with Crippen molar-refractivity contribution in [3.05, 3.63) is 29.8 Å². The van der Waals surface area contributed by atoms with Crippen LogP contribution in [0.3, 0.4) is 0 Å². The Labute approximate surface area is 91.5 Å². The fourth-order valence-electron chi connectivity index (χ4n) is 1.87. The Hall–Kier alpha value is -1.29. The van der Waals surface area contributed by atoms with E-state index in [1.54, 1.807) is 0 Å². The molecule has 1 aromatic carbocycles. The molecule has 0 saturated heterocycles. The second-order valence-corrected chi connectivity index (χ2v) is 4.53. The Balaban J connectivity index is 1.97. The average Bonchev–Trinajstić information content (AvgIpc) is 2.83. The highest BCUT2D eigenvalue weighted by atomic mass is 32.2. The summed E-state index contributed by atoms with van der Waals surface area (Å²) in [5.74, 6) is 1.54. The topological polar surface area (TPSA) is 38.7 Å². The summed E-state index contributed by atoms with van der Waals surface area (Å²) >= 11 is 1.53. The molecule has 4 heteroatoms. The smallest absolute Gasteiger partial charge is 0.256 e. The normalized spacial score (nSPS) is 23.6. The second-order valence-electron chi connectivity index (χ2n) is 3.53. The van der Waals surface area contributed by atoms with Gasteiger partial charge in [-0.25, -0.2) is 4.99 Å². The SMILES string of the molecule is O=C1CSC(C2COc3ccccc32)=N1. The molecule has 76 valence electrons. The number of fused-ring (bicyclic) bond motifs is 1. The highest BCUT2D eigenvalue weighted by molar-refractivity contribution is 8.15. The van der Waals surface area contributed by atoms with Gasteiger partial charge in [-0.05, 0) is 6.07 Å². The van der Waals surface area contributed by atoms with E-state index in [0.29, 0.717) is 12.4 Å². The highest BCUT2D eigenvalue weighted by Gasteiger charge is 2.31. The molecule has 2 aliphatic heterocycles. The van der Waals surface area contributed by atoms with Gasteiger partial charge in [-0.1, -0.05) is 30.0 Å². The van der Waals surface area contributed by atoms with E-state index in [4.69, 9.17) is 4.74 Å². The third-order valence-electron chi connectivity index (χ3n) is 2.58. The quantitative estimate of drug-likeness (QED) is 0.723. The molecule has 3 rings (SSSR count). The number of benzene rings is 1. The molecular formula is C11H9NO2S. The lowest BCUT2D eigenvalue weighted by Crippen LogP contribution is -2.09. The molecule has 2 aliphatic rings. The monoisotopic (exact) mass is 219 g/mol. The van der Waals surface area contributed by atoms with Crippen LogP contribution in [0.15, 0.2) is 29.3 Å². The van der Waals surface area contributed by atoms with E-state index < -0.39 is 0 Å². The summed E-state index contributed by atoms with van der Waals surface area (Å²) in [6.45, 7) is 0.610. The molecule has 0 spiro atoms. The van der Waals surface area contributed by atoms with Gasteiger partial charge < -0.3 is 4.74 Å². The number of para-hydroxylation sites is 1. The predicted octanol–water partition coefficient (Wildman–Crippen LogP) is 1.83. The van der Waals surface area contributed by atoms with Gasteiger partial charge in [0.05, 0.1) is 16.7 Å². The number of amides is 1. The van der Waals surface area contributed by atoms with Crippen molar-refractivity contribution in [2.75, 3.05) is 12.4 Å². The Morgan fingerprint density at radius 3 is 3.07 bits per heavy atom. The Kier molecular flexibility index (Phi) is 2.02.